The van der Waals surface area contributed by atoms with Gasteiger partial charge in [-0.3, -0.25) is 29.4 Å². The summed E-state index contributed by atoms with van der Waals surface area (Å²) in [6, 6.07) is 4.74. The van der Waals surface area contributed by atoms with E-state index in [1.54, 1.807) is 12.1 Å². The second-order valence-corrected chi connectivity index (χ2v) is 9.03. The molecule has 1 aromatic carbocycles. The number of nitrogens with zero attached hydrogens (tertiary/aromatic N) is 1. The Kier molecular flexibility index (Phi) is 5.46. The first-order valence-corrected chi connectivity index (χ1v) is 10.6. The van der Waals surface area contributed by atoms with E-state index in [1.807, 2.05) is 6.07 Å². The Bertz CT molecular complexity index is 904. The van der Waals surface area contributed by atoms with Crippen LogP contribution in [0.3, 0.4) is 0 Å². The molecule has 0 aliphatic carbocycles. The summed E-state index contributed by atoms with van der Waals surface area (Å²) in [7, 11) is 0. The van der Waals surface area contributed by atoms with Crippen molar-refractivity contribution >= 4 is 23.6 Å². The zero-order valence-electron chi connectivity index (χ0n) is 17.4. The summed E-state index contributed by atoms with van der Waals surface area (Å²) in [6.45, 7) is 6.72. The molecule has 0 radical (unpaired) electrons. The fourth-order valence-electron chi connectivity index (χ4n) is 4.73. The van der Waals surface area contributed by atoms with Gasteiger partial charge in [-0.05, 0) is 42.9 Å². The first kappa shape index (κ1) is 20.7. The van der Waals surface area contributed by atoms with Gasteiger partial charge in [-0.1, -0.05) is 26.0 Å². The molecule has 30 heavy (non-hydrogen) atoms. The summed E-state index contributed by atoms with van der Waals surface area (Å²) >= 11 is 0. The molecule has 3 heterocycles. The average molecular weight is 412 g/mol. The Balaban J connectivity index is 1.49. The zero-order chi connectivity index (χ0) is 21.5. The lowest BCUT2D eigenvalue weighted by Crippen LogP contribution is -2.54. The van der Waals surface area contributed by atoms with Crippen molar-refractivity contribution in [2.75, 3.05) is 13.1 Å². The van der Waals surface area contributed by atoms with Gasteiger partial charge in [0.2, 0.25) is 11.8 Å². The number of hydrogen-bond donors (Lipinski definition) is 3. The molecule has 0 aromatic heterocycles. The molecule has 0 saturated carbocycles. The van der Waals surface area contributed by atoms with Crippen LogP contribution in [0.25, 0.3) is 0 Å². The number of imide groups is 2. The molecule has 1 aromatic rings. The molecule has 2 unspecified atom stereocenters. The molecule has 2 saturated heterocycles. The van der Waals surface area contributed by atoms with Crippen molar-refractivity contribution in [1.29, 1.82) is 0 Å². The number of carbonyl (C=O) groups excluding carboxylic acids is 4. The van der Waals surface area contributed by atoms with Gasteiger partial charge >= 0.3 is 0 Å². The monoisotopic (exact) mass is 412 g/mol. The van der Waals surface area contributed by atoms with Crippen molar-refractivity contribution < 1.29 is 19.2 Å². The highest BCUT2D eigenvalue weighted by atomic mass is 16.2. The number of piperidine rings is 1. The fourth-order valence-corrected chi connectivity index (χ4v) is 4.73. The minimum atomic E-state index is -0.941. The van der Waals surface area contributed by atoms with Crippen LogP contribution in [-0.4, -0.2) is 53.7 Å². The van der Waals surface area contributed by atoms with E-state index in [9.17, 15) is 19.2 Å². The topological polar surface area (TPSA) is 108 Å². The Morgan fingerprint density at radius 3 is 2.63 bits per heavy atom. The number of hydrogen-bond acceptors (Lipinski definition) is 6. The molecular formula is C22H28N4O4. The number of carbonyl (C=O) groups is 4. The minimum Gasteiger partial charge on any atom is -0.313 e. The molecule has 3 aliphatic rings. The molecule has 2 fully saturated rings. The van der Waals surface area contributed by atoms with Gasteiger partial charge in [0.15, 0.2) is 0 Å². The van der Waals surface area contributed by atoms with E-state index < -0.39 is 23.8 Å². The van der Waals surface area contributed by atoms with Crippen LogP contribution in [0.4, 0.5) is 0 Å². The molecule has 8 heteroatoms. The molecule has 0 spiro atoms. The number of rotatable bonds is 6. The van der Waals surface area contributed by atoms with Gasteiger partial charge in [0, 0.05) is 25.6 Å². The van der Waals surface area contributed by atoms with Crippen LogP contribution in [0.2, 0.25) is 0 Å². The van der Waals surface area contributed by atoms with Gasteiger partial charge in [0.05, 0.1) is 11.1 Å². The van der Waals surface area contributed by atoms with Gasteiger partial charge in [-0.2, -0.15) is 0 Å². The maximum Gasteiger partial charge on any atom is 0.262 e. The van der Waals surface area contributed by atoms with E-state index in [-0.39, 0.29) is 24.2 Å². The third-order valence-electron chi connectivity index (χ3n) is 6.45. The first-order valence-electron chi connectivity index (χ1n) is 10.6. The zero-order valence-corrected chi connectivity index (χ0v) is 17.4. The molecule has 0 bridgehead atoms. The van der Waals surface area contributed by atoms with E-state index in [1.165, 1.54) is 6.42 Å². The molecule has 3 N–H and O–H groups in total. The summed E-state index contributed by atoms with van der Waals surface area (Å²) in [5, 5.41) is 9.21. The lowest BCUT2D eigenvalue weighted by molar-refractivity contribution is -0.136. The van der Waals surface area contributed by atoms with Gasteiger partial charge in [0.25, 0.3) is 11.8 Å². The molecule has 4 rings (SSSR count). The predicted molar refractivity (Wildman–Crippen MR) is 110 cm³/mol. The smallest absolute Gasteiger partial charge is 0.262 e. The van der Waals surface area contributed by atoms with Gasteiger partial charge < -0.3 is 10.6 Å². The lowest BCUT2D eigenvalue weighted by atomic mass is 9.83. The summed E-state index contributed by atoms with van der Waals surface area (Å²) in [6.07, 6.45) is 2.62. The second kappa shape index (κ2) is 7.92. The SMILES string of the molecule is CC(C)(CNCc1cccc2c1C(=O)N(C1CCC(=O)NC1=O)C2=O)C1CCCN1. The largest absolute Gasteiger partial charge is 0.313 e. The van der Waals surface area contributed by atoms with Crippen LogP contribution in [0.15, 0.2) is 18.2 Å². The van der Waals surface area contributed by atoms with Crippen LogP contribution in [0.5, 0.6) is 0 Å². The first-order chi connectivity index (χ1) is 14.3. The van der Waals surface area contributed by atoms with Crippen molar-refractivity contribution in [1.82, 2.24) is 20.9 Å². The highest BCUT2D eigenvalue weighted by Crippen LogP contribution is 2.30. The number of benzene rings is 1. The predicted octanol–water partition coefficient (Wildman–Crippen LogP) is 0.956. The molecule has 2 atom stereocenters. The number of nitrogens with one attached hydrogen (secondary N) is 3. The quantitative estimate of drug-likeness (QED) is 0.601. The third kappa shape index (κ3) is 3.65. The Labute approximate surface area is 175 Å². The van der Waals surface area contributed by atoms with E-state index in [0.717, 1.165) is 30.0 Å². The van der Waals surface area contributed by atoms with Crippen LogP contribution < -0.4 is 16.0 Å². The normalized spacial score (nSPS) is 24.4. The Morgan fingerprint density at radius 2 is 1.93 bits per heavy atom. The summed E-state index contributed by atoms with van der Waals surface area (Å²) in [5.74, 6) is -1.90. The highest BCUT2D eigenvalue weighted by molar-refractivity contribution is 6.24. The maximum atomic E-state index is 13.1. The minimum absolute atomic E-state index is 0.0625. The molecule has 3 aliphatic heterocycles. The van der Waals surface area contributed by atoms with Crippen molar-refractivity contribution in [3.05, 3.63) is 34.9 Å². The molecule has 160 valence electrons. The standard InChI is InChI=1S/C22H28N4O4/c1-22(2,16-7-4-10-24-16)12-23-11-13-5-3-6-14-18(13)21(30)26(20(14)29)15-8-9-17(27)25-19(15)28/h3,5-6,15-16,23-24H,4,7-12H2,1-2H3,(H,25,27,28). The summed E-state index contributed by atoms with van der Waals surface area (Å²) in [4.78, 5) is 50.7. The van der Waals surface area contributed by atoms with E-state index >= 15 is 0 Å². The van der Waals surface area contributed by atoms with Crippen LogP contribution in [0.1, 0.15) is 65.8 Å². The van der Waals surface area contributed by atoms with Gasteiger partial charge in [-0.15, -0.1) is 0 Å². The Hall–Kier alpha value is -2.58. The highest BCUT2D eigenvalue weighted by Gasteiger charge is 2.45. The number of amides is 4. The van der Waals surface area contributed by atoms with Crippen molar-refractivity contribution in [2.45, 2.75) is 58.2 Å². The van der Waals surface area contributed by atoms with Crippen molar-refractivity contribution in [3.63, 3.8) is 0 Å². The number of fused-ring (bicyclic) bond motifs is 1. The van der Waals surface area contributed by atoms with Crippen LogP contribution in [-0.2, 0) is 16.1 Å². The average Bonchev–Trinajstić information content (AvgIpc) is 3.32. The maximum absolute atomic E-state index is 13.1. The van der Waals surface area contributed by atoms with Gasteiger partial charge in [0.1, 0.15) is 6.04 Å². The molecular weight excluding hydrogens is 384 g/mol. The van der Waals surface area contributed by atoms with Crippen LogP contribution in [0, 0.1) is 5.41 Å². The lowest BCUT2D eigenvalue weighted by Gasteiger charge is -2.32. The van der Waals surface area contributed by atoms with Crippen LogP contribution >= 0.6 is 0 Å². The van der Waals surface area contributed by atoms with E-state index in [2.05, 4.69) is 29.8 Å². The molecule has 8 nitrogen and oxygen atoms in total. The Morgan fingerprint density at radius 1 is 1.13 bits per heavy atom. The summed E-state index contributed by atoms with van der Waals surface area (Å²) < 4.78 is 0. The van der Waals surface area contributed by atoms with Crippen molar-refractivity contribution in [3.8, 4) is 0 Å². The van der Waals surface area contributed by atoms with Crippen molar-refractivity contribution in [2.24, 2.45) is 5.41 Å². The van der Waals surface area contributed by atoms with Gasteiger partial charge in [-0.25, -0.2) is 0 Å². The fraction of sp³-hybridized carbons (Fsp3) is 0.545. The van der Waals surface area contributed by atoms with E-state index in [0.29, 0.717) is 23.7 Å². The summed E-state index contributed by atoms with van der Waals surface area (Å²) in [5.41, 5.74) is 1.49. The second-order valence-electron chi connectivity index (χ2n) is 9.03. The molecule has 4 amide bonds. The van der Waals surface area contributed by atoms with E-state index in [4.69, 9.17) is 0 Å². The third-order valence-corrected chi connectivity index (χ3v) is 6.45.